The summed E-state index contributed by atoms with van der Waals surface area (Å²) in [5.41, 5.74) is 9.64. The summed E-state index contributed by atoms with van der Waals surface area (Å²) in [5.74, 6) is -2.94. The second-order valence-corrected chi connectivity index (χ2v) is 3.25. The monoisotopic (exact) mass is 249 g/mol. The van der Waals surface area contributed by atoms with Crippen LogP contribution >= 0.6 is 0 Å². The molecule has 0 aliphatic rings. The minimum absolute atomic E-state index is 0.00300. The molecular weight excluding hydrogens is 238 g/mol. The Morgan fingerprint density at radius 1 is 1.17 bits per heavy atom. The van der Waals surface area contributed by atoms with Crippen molar-refractivity contribution in [3.63, 3.8) is 0 Å². The summed E-state index contributed by atoms with van der Waals surface area (Å²) in [6.07, 6.45) is 0.743. The van der Waals surface area contributed by atoms with Crippen molar-refractivity contribution in [1.82, 2.24) is 5.32 Å². The molecule has 94 valence electrons. The molecule has 0 aliphatic carbocycles. The summed E-state index contributed by atoms with van der Waals surface area (Å²) >= 11 is 0. The number of amides is 2. The number of hydrogen-bond donors (Lipinski definition) is 4. The predicted molar refractivity (Wildman–Crippen MR) is 62.3 cm³/mol. The Morgan fingerprint density at radius 2 is 1.72 bits per heavy atom. The second-order valence-electron chi connectivity index (χ2n) is 3.25. The van der Waals surface area contributed by atoms with E-state index in [1.807, 2.05) is 0 Å². The van der Waals surface area contributed by atoms with E-state index in [1.54, 1.807) is 0 Å². The number of nitrogens with two attached hydrogens (primary N) is 2. The predicted octanol–water partition coefficient (Wildman–Crippen LogP) is -0.600. The molecule has 18 heavy (non-hydrogen) atoms. The van der Waals surface area contributed by atoms with Gasteiger partial charge in [0.15, 0.2) is 0 Å². The van der Waals surface area contributed by atoms with Crippen LogP contribution in [0.5, 0.6) is 0 Å². The highest BCUT2D eigenvalue weighted by atomic mass is 16.4. The zero-order valence-electron chi connectivity index (χ0n) is 9.21. The van der Waals surface area contributed by atoms with E-state index in [4.69, 9.17) is 16.6 Å². The highest BCUT2D eigenvalue weighted by molar-refractivity contribution is 6.08. The largest absolute Gasteiger partial charge is 0.477 e. The molecule has 0 saturated carbocycles. The van der Waals surface area contributed by atoms with Gasteiger partial charge in [0.1, 0.15) is 5.70 Å². The fourth-order valence-electron chi connectivity index (χ4n) is 1.25. The van der Waals surface area contributed by atoms with E-state index in [-0.39, 0.29) is 11.1 Å². The molecule has 0 spiro atoms. The lowest BCUT2D eigenvalue weighted by Crippen LogP contribution is -2.30. The molecule has 0 heterocycles. The van der Waals surface area contributed by atoms with E-state index in [0.717, 1.165) is 6.20 Å². The maximum Gasteiger partial charge on any atom is 0.353 e. The number of carbonyl (C=O) groups excluding carboxylic acids is 2. The molecule has 0 aromatic heterocycles. The topological polar surface area (TPSA) is 136 Å². The van der Waals surface area contributed by atoms with Gasteiger partial charge in [-0.15, -0.1) is 0 Å². The third-order valence-corrected chi connectivity index (χ3v) is 2.08. The quantitative estimate of drug-likeness (QED) is 0.528. The summed E-state index contributed by atoms with van der Waals surface area (Å²) in [5, 5.41) is 10.8. The van der Waals surface area contributed by atoms with Gasteiger partial charge in [-0.3, -0.25) is 9.59 Å². The smallest absolute Gasteiger partial charge is 0.353 e. The molecule has 7 nitrogen and oxygen atoms in total. The Hall–Kier alpha value is -2.83. The fourth-order valence-corrected chi connectivity index (χ4v) is 1.25. The minimum atomic E-state index is -1.39. The molecule has 0 saturated heterocycles. The summed E-state index contributed by atoms with van der Waals surface area (Å²) < 4.78 is 0. The molecule has 1 rings (SSSR count). The Balaban J connectivity index is 3.05. The normalized spacial score (nSPS) is 10.8. The van der Waals surface area contributed by atoms with Crippen molar-refractivity contribution in [3.8, 4) is 0 Å². The lowest BCUT2D eigenvalue weighted by Gasteiger charge is -2.07. The first-order valence-corrected chi connectivity index (χ1v) is 4.82. The number of carbonyl (C=O) groups is 3. The van der Waals surface area contributed by atoms with Crippen LogP contribution in [0, 0.1) is 0 Å². The standard InChI is InChI=1S/C11H11N3O4/c12-5-8(11(17)18)14-10(16)7-4-2-1-3-6(7)9(13)15/h1-5H,12H2,(H2,13,15)(H,14,16)(H,17,18)/b8-5-. The number of carboxylic acids is 1. The van der Waals surface area contributed by atoms with Crippen LogP contribution in [0.25, 0.3) is 0 Å². The van der Waals surface area contributed by atoms with Crippen LogP contribution in [0.4, 0.5) is 0 Å². The van der Waals surface area contributed by atoms with Crippen molar-refractivity contribution in [2.45, 2.75) is 0 Å². The van der Waals surface area contributed by atoms with Crippen molar-refractivity contribution in [2.24, 2.45) is 11.5 Å². The van der Waals surface area contributed by atoms with Crippen molar-refractivity contribution in [3.05, 3.63) is 47.3 Å². The first-order chi connectivity index (χ1) is 8.47. The number of aliphatic carboxylic acids is 1. The molecule has 0 unspecified atom stereocenters. The van der Waals surface area contributed by atoms with Gasteiger partial charge in [0.25, 0.3) is 5.91 Å². The van der Waals surface area contributed by atoms with Gasteiger partial charge in [0.05, 0.1) is 11.1 Å². The molecule has 0 atom stereocenters. The van der Waals surface area contributed by atoms with E-state index in [2.05, 4.69) is 5.32 Å². The highest BCUT2D eigenvalue weighted by Gasteiger charge is 2.17. The zero-order valence-corrected chi connectivity index (χ0v) is 9.21. The van der Waals surface area contributed by atoms with E-state index >= 15 is 0 Å². The average Bonchev–Trinajstić information content (AvgIpc) is 2.35. The molecule has 2 amide bonds. The van der Waals surface area contributed by atoms with Crippen LogP contribution in [0.1, 0.15) is 20.7 Å². The van der Waals surface area contributed by atoms with Gasteiger partial charge < -0.3 is 21.9 Å². The van der Waals surface area contributed by atoms with Crippen molar-refractivity contribution >= 4 is 17.8 Å². The van der Waals surface area contributed by atoms with Crippen LogP contribution in [0.3, 0.4) is 0 Å². The summed E-state index contributed by atoms with van der Waals surface area (Å²) in [6, 6.07) is 5.77. The Kier molecular flexibility index (Phi) is 4.03. The van der Waals surface area contributed by atoms with Crippen LogP contribution in [-0.4, -0.2) is 22.9 Å². The molecule has 0 fully saturated rings. The zero-order chi connectivity index (χ0) is 13.7. The van der Waals surface area contributed by atoms with Gasteiger partial charge in [0, 0.05) is 6.20 Å². The number of hydrogen-bond acceptors (Lipinski definition) is 4. The number of nitrogens with one attached hydrogen (secondary N) is 1. The third kappa shape index (κ3) is 2.85. The van der Waals surface area contributed by atoms with E-state index in [9.17, 15) is 14.4 Å². The third-order valence-electron chi connectivity index (χ3n) is 2.08. The molecule has 0 aliphatic heterocycles. The maximum atomic E-state index is 11.8. The molecule has 7 heteroatoms. The number of carboxylic acid groups (broad SMARTS) is 1. The SMILES string of the molecule is N/C=C(\NC(=O)c1ccccc1C(N)=O)C(=O)O. The van der Waals surface area contributed by atoms with E-state index < -0.39 is 23.5 Å². The summed E-state index contributed by atoms with van der Waals surface area (Å²) in [7, 11) is 0. The van der Waals surface area contributed by atoms with Gasteiger partial charge in [-0.25, -0.2) is 4.79 Å². The molecule has 1 aromatic rings. The number of benzene rings is 1. The van der Waals surface area contributed by atoms with Crippen molar-refractivity contribution < 1.29 is 19.5 Å². The Morgan fingerprint density at radius 3 is 2.17 bits per heavy atom. The first-order valence-electron chi connectivity index (χ1n) is 4.82. The molecule has 1 aromatic carbocycles. The lowest BCUT2D eigenvalue weighted by molar-refractivity contribution is -0.133. The second kappa shape index (κ2) is 5.48. The van der Waals surface area contributed by atoms with Gasteiger partial charge >= 0.3 is 5.97 Å². The van der Waals surface area contributed by atoms with Crippen molar-refractivity contribution in [1.29, 1.82) is 0 Å². The highest BCUT2D eigenvalue weighted by Crippen LogP contribution is 2.08. The fraction of sp³-hybridized carbons (Fsp3) is 0. The van der Waals surface area contributed by atoms with Crippen LogP contribution < -0.4 is 16.8 Å². The molecule has 6 N–H and O–H groups in total. The lowest BCUT2D eigenvalue weighted by atomic mass is 10.1. The number of rotatable bonds is 4. The van der Waals surface area contributed by atoms with Crippen LogP contribution in [-0.2, 0) is 4.79 Å². The molecule has 0 bridgehead atoms. The van der Waals surface area contributed by atoms with Gasteiger partial charge in [0.2, 0.25) is 5.91 Å². The summed E-state index contributed by atoms with van der Waals surface area (Å²) in [6.45, 7) is 0. The van der Waals surface area contributed by atoms with Crippen LogP contribution in [0.2, 0.25) is 0 Å². The minimum Gasteiger partial charge on any atom is -0.477 e. The average molecular weight is 249 g/mol. The Labute approximate surface area is 102 Å². The van der Waals surface area contributed by atoms with E-state index in [1.165, 1.54) is 24.3 Å². The van der Waals surface area contributed by atoms with E-state index in [0.29, 0.717) is 0 Å². The van der Waals surface area contributed by atoms with Gasteiger partial charge in [-0.1, -0.05) is 12.1 Å². The first kappa shape index (κ1) is 13.2. The maximum absolute atomic E-state index is 11.8. The summed E-state index contributed by atoms with van der Waals surface area (Å²) in [4.78, 5) is 33.5. The van der Waals surface area contributed by atoms with Crippen molar-refractivity contribution in [2.75, 3.05) is 0 Å². The van der Waals surface area contributed by atoms with Gasteiger partial charge in [-0.05, 0) is 12.1 Å². The van der Waals surface area contributed by atoms with Crippen LogP contribution in [0.15, 0.2) is 36.2 Å². The Bertz CT molecular complexity index is 537. The molecular formula is C11H11N3O4. The molecule has 0 radical (unpaired) electrons. The number of primary amides is 1. The van der Waals surface area contributed by atoms with Gasteiger partial charge in [-0.2, -0.15) is 0 Å².